The molecule has 1 aromatic carbocycles. The van der Waals surface area contributed by atoms with E-state index in [1.807, 2.05) is 18.2 Å². The Kier molecular flexibility index (Phi) is 4.15. The molecule has 0 aliphatic carbocycles. The van der Waals surface area contributed by atoms with Crippen molar-refractivity contribution in [1.29, 1.82) is 0 Å². The number of furan rings is 1. The molecule has 2 aliphatic heterocycles. The van der Waals surface area contributed by atoms with E-state index in [0.717, 1.165) is 51.2 Å². The van der Waals surface area contributed by atoms with Crippen molar-refractivity contribution in [1.82, 2.24) is 9.80 Å². The molecule has 1 amide bonds. The van der Waals surface area contributed by atoms with Gasteiger partial charge in [0.2, 0.25) is 5.91 Å². The average molecular weight is 324 g/mol. The number of amides is 1. The van der Waals surface area contributed by atoms with E-state index in [1.165, 1.54) is 5.56 Å². The highest BCUT2D eigenvalue weighted by atomic mass is 16.3. The number of hydrogen-bond acceptors (Lipinski definition) is 3. The second-order valence-electron chi connectivity index (χ2n) is 7.05. The maximum Gasteiger partial charge on any atom is 0.223 e. The SMILES string of the molecule is O=C1CCC2(CCN(Cc3ccco3)CC2)N1Cc1ccccc1. The fraction of sp³-hybridized carbons (Fsp3) is 0.450. The number of piperidine rings is 1. The van der Waals surface area contributed by atoms with Gasteiger partial charge in [-0.1, -0.05) is 30.3 Å². The number of nitrogens with zero attached hydrogens (tertiary/aromatic N) is 2. The molecular weight excluding hydrogens is 300 g/mol. The van der Waals surface area contributed by atoms with Crippen LogP contribution in [0.4, 0.5) is 0 Å². The van der Waals surface area contributed by atoms with Crippen molar-refractivity contribution in [3.05, 3.63) is 60.1 Å². The van der Waals surface area contributed by atoms with Gasteiger partial charge in [0.1, 0.15) is 5.76 Å². The highest BCUT2D eigenvalue weighted by molar-refractivity contribution is 5.79. The largest absolute Gasteiger partial charge is 0.468 e. The van der Waals surface area contributed by atoms with Crippen LogP contribution in [0, 0.1) is 0 Å². The Bertz CT molecular complexity index is 673. The van der Waals surface area contributed by atoms with E-state index in [2.05, 4.69) is 34.1 Å². The zero-order valence-electron chi connectivity index (χ0n) is 14.0. The predicted octanol–water partition coefficient (Wildman–Crippen LogP) is 3.44. The number of likely N-dealkylation sites (tertiary alicyclic amines) is 2. The van der Waals surface area contributed by atoms with Gasteiger partial charge in [0, 0.05) is 31.6 Å². The third kappa shape index (κ3) is 2.98. The fourth-order valence-electron chi connectivity index (χ4n) is 4.17. The van der Waals surface area contributed by atoms with Gasteiger partial charge in [0.15, 0.2) is 0 Å². The monoisotopic (exact) mass is 324 g/mol. The molecule has 4 heteroatoms. The van der Waals surface area contributed by atoms with E-state index < -0.39 is 0 Å². The molecule has 0 bridgehead atoms. The molecule has 2 aliphatic rings. The summed E-state index contributed by atoms with van der Waals surface area (Å²) in [5.41, 5.74) is 1.29. The maximum absolute atomic E-state index is 12.5. The van der Waals surface area contributed by atoms with Crippen molar-refractivity contribution < 1.29 is 9.21 Å². The minimum Gasteiger partial charge on any atom is -0.468 e. The zero-order valence-corrected chi connectivity index (χ0v) is 14.0. The molecule has 0 N–H and O–H groups in total. The van der Waals surface area contributed by atoms with Gasteiger partial charge in [0.25, 0.3) is 0 Å². The van der Waals surface area contributed by atoms with Crippen LogP contribution in [0.2, 0.25) is 0 Å². The van der Waals surface area contributed by atoms with Gasteiger partial charge in [-0.15, -0.1) is 0 Å². The van der Waals surface area contributed by atoms with E-state index in [-0.39, 0.29) is 5.54 Å². The van der Waals surface area contributed by atoms with Gasteiger partial charge in [-0.25, -0.2) is 0 Å². The summed E-state index contributed by atoms with van der Waals surface area (Å²) in [6.45, 7) is 3.67. The molecule has 1 aromatic heterocycles. The van der Waals surface area contributed by atoms with Gasteiger partial charge in [-0.3, -0.25) is 9.69 Å². The van der Waals surface area contributed by atoms with Crippen molar-refractivity contribution >= 4 is 5.91 Å². The molecule has 0 atom stereocenters. The van der Waals surface area contributed by atoms with E-state index in [0.29, 0.717) is 12.3 Å². The summed E-state index contributed by atoms with van der Waals surface area (Å²) < 4.78 is 5.46. The third-order valence-corrected chi connectivity index (χ3v) is 5.61. The van der Waals surface area contributed by atoms with Crippen LogP contribution >= 0.6 is 0 Å². The first-order valence-corrected chi connectivity index (χ1v) is 8.84. The second-order valence-corrected chi connectivity index (χ2v) is 7.05. The molecular formula is C20H24N2O2. The molecule has 24 heavy (non-hydrogen) atoms. The zero-order chi connectivity index (χ0) is 16.4. The first-order chi connectivity index (χ1) is 11.8. The fourth-order valence-corrected chi connectivity index (χ4v) is 4.17. The Hall–Kier alpha value is -2.07. The maximum atomic E-state index is 12.5. The second kappa shape index (κ2) is 6.44. The molecule has 4 nitrogen and oxygen atoms in total. The lowest BCUT2D eigenvalue weighted by molar-refractivity contribution is -0.133. The molecule has 2 aromatic rings. The molecule has 4 rings (SSSR count). The summed E-state index contributed by atoms with van der Waals surface area (Å²) in [6.07, 6.45) is 5.56. The van der Waals surface area contributed by atoms with Crippen LogP contribution in [-0.4, -0.2) is 34.3 Å². The highest BCUT2D eigenvalue weighted by Crippen LogP contribution is 2.40. The quantitative estimate of drug-likeness (QED) is 0.864. The van der Waals surface area contributed by atoms with Crippen LogP contribution in [0.3, 0.4) is 0 Å². The Morgan fingerprint density at radius 3 is 2.46 bits per heavy atom. The molecule has 3 heterocycles. The Morgan fingerprint density at radius 1 is 0.958 bits per heavy atom. The lowest BCUT2D eigenvalue weighted by Gasteiger charge is -2.45. The highest BCUT2D eigenvalue weighted by Gasteiger charge is 2.46. The van der Waals surface area contributed by atoms with Crippen LogP contribution in [0.25, 0.3) is 0 Å². The summed E-state index contributed by atoms with van der Waals surface area (Å²) in [7, 11) is 0. The van der Waals surface area contributed by atoms with Crippen LogP contribution in [0.5, 0.6) is 0 Å². The lowest BCUT2D eigenvalue weighted by atomic mass is 9.84. The third-order valence-electron chi connectivity index (χ3n) is 5.61. The summed E-state index contributed by atoms with van der Waals surface area (Å²) in [6, 6.07) is 14.3. The molecule has 126 valence electrons. The number of rotatable bonds is 4. The molecule has 2 fully saturated rings. The molecule has 1 spiro atoms. The number of carbonyl (C=O) groups is 1. The van der Waals surface area contributed by atoms with Crippen LogP contribution in [0.1, 0.15) is 37.0 Å². The van der Waals surface area contributed by atoms with Crippen molar-refractivity contribution in [3.63, 3.8) is 0 Å². The molecule has 2 saturated heterocycles. The Labute approximate surface area is 143 Å². The standard InChI is InChI=1S/C20H24N2O2/c23-19-8-9-20(22(19)15-17-5-2-1-3-6-17)10-12-21(13-11-20)16-18-7-4-14-24-18/h1-7,14H,8-13,15-16H2. The van der Waals surface area contributed by atoms with E-state index >= 15 is 0 Å². The molecule has 0 saturated carbocycles. The molecule has 0 unspecified atom stereocenters. The summed E-state index contributed by atoms with van der Waals surface area (Å²) in [5.74, 6) is 1.34. The van der Waals surface area contributed by atoms with Gasteiger partial charge < -0.3 is 9.32 Å². The Morgan fingerprint density at radius 2 is 1.75 bits per heavy atom. The van der Waals surface area contributed by atoms with E-state index in [9.17, 15) is 4.79 Å². The Balaban J connectivity index is 1.43. The van der Waals surface area contributed by atoms with Gasteiger partial charge >= 0.3 is 0 Å². The van der Waals surface area contributed by atoms with E-state index in [1.54, 1.807) is 6.26 Å². The number of benzene rings is 1. The normalized spacial score (nSPS) is 20.8. The van der Waals surface area contributed by atoms with Crippen LogP contribution in [-0.2, 0) is 17.9 Å². The van der Waals surface area contributed by atoms with Gasteiger partial charge in [-0.2, -0.15) is 0 Å². The summed E-state index contributed by atoms with van der Waals surface area (Å²) in [5, 5.41) is 0. The first kappa shape index (κ1) is 15.5. The lowest BCUT2D eigenvalue weighted by Crippen LogP contribution is -2.52. The summed E-state index contributed by atoms with van der Waals surface area (Å²) in [4.78, 5) is 17.1. The minimum atomic E-state index is 0.0621. The molecule has 0 radical (unpaired) electrons. The minimum absolute atomic E-state index is 0.0621. The average Bonchev–Trinajstić information content (AvgIpc) is 3.22. The van der Waals surface area contributed by atoms with Crippen molar-refractivity contribution in [2.45, 2.75) is 44.3 Å². The predicted molar refractivity (Wildman–Crippen MR) is 92.2 cm³/mol. The number of carbonyl (C=O) groups excluding carboxylic acids is 1. The van der Waals surface area contributed by atoms with Crippen molar-refractivity contribution in [3.8, 4) is 0 Å². The topological polar surface area (TPSA) is 36.7 Å². The van der Waals surface area contributed by atoms with Crippen molar-refractivity contribution in [2.24, 2.45) is 0 Å². The van der Waals surface area contributed by atoms with Gasteiger partial charge in [0.05, 0.1) is 12.8 Å². The first-order valence-electron chi connectivity index (χ1n) is 8.84. The van der Waals surface area contributed by atoms with Crippen molar-refractivity contribution in [2.75, 3.05) is 13.1 Å². The summed E-state index contributed by atoms with van der Waals surface area (Å²) >= 11 is 0. The van der Waals surface area contributed by atoms with E-state index in [4.69, 9.17) is 4.42 Å². The smallest absolute Gasteiger partial charge is 0.223 e. The van der Waals surface area contributed by atoms with Crippen LogP contribution in [0.15, 0.2) is 53.1 Å². The van der Waals surface area contributed by atoms with Crippen LogP contribution < -0.4 is 0 Å². The van der Waals surface area contributed by atoms with Gasteiger partial charge in [-0.05, 0) is 37.0 Å². The number of hydrogen-bond donors (Lipinski definition) is 0.